The van der Waals surface area contributed by atoms with Crippen LogP contribution in [0.15, 0.2) is 48.5 Å². The van der Waals surface area contributed by atoms with Crippen molar-refractivity contribution in [3.63, 3.8) is 0 Å². The number of hydrogen-bond donors (Lipinski definition) is 2. The molecule has 0 atom stereocenters. The fourth-order valence-electron chi connectivity index (χ4n) is 2.58. The first-order chi connectivity index (χ1) is 12.5. The van der Waals surface area contributed by atoms with Gasteiger partial charge in [-0.05, 0) is 36.7 Å². The van der Waals surface area contributed by atoms with Crippen molar-refractivity contribution in [3.8, 4) is 0 Å². The van der Waals surface area contributed by atoms with Crippen molar-refractivity contribution < 1.29 is 9.59 Å². The average Bonchev–Trinajstić information content (AvgIpc) is 2.61. The number of carbonyl (C=O) groups is 2. The number of para-hydroxylation sites is 1. The van der Waals surface area contributed by atoms with Crippen molar-refractivity contribution in [2.24, 2.45) is 0 Å². The lowest BCUT2D eigenvalue weighted by Crippen LogP contribution is -2.38. The highest BCUT2D eigenvalue weighted by molar-refractivity contribution is 6.31. The molecule has 2 amide bonds. The fraction of sp³-hybridized carbons (Fsp3) is 0.300. The first kappa shape index (κ1) is 19.9. The Bertz CT molecular complexity index is 764. The predicted octanol–water partition coefficient (Wildman–Crippen LogP) is 3.09. The first-order valence-corrected chi connectivity index (χ1v) is 8.93. The van der Waals surface area contributed by atoms with Crippen LogP contribution in [0.1, 0.15) is 18.1 Å². The maximum atomic E-state index is 12.2. The minimum Gasteiger partial charge on any atom is -0.351 e. The van der Waals surface area contributed by atoms with E-state index in [2.05, 4.69) is 10.6 Å². The van der Waals surface area contributed by atoms with Crippen LogP contribution in [0, 0.1) is 0 Å². The molecule has 0 aliphatic carbocycles. The van der Waals surface area contributed by atoms with Crippen LogP contribution in [-0.2, 0) is 22.6 Å². The number of carbonyl (C=O) groups excluding carboxylic acids is 2. The largest absolute Gasteiger partial charge is 0.351 e. The van der Waals surface area contributed by atoms with Gasteiger partial charge in [-0.3, -0.25) is 14.5 Å². The van der Waals surface area contributed by atoms with Crippen LogP contribution >= 0.6 is 11.6 Å². The number of benzene rings is 2. The van der Waals surface area contributed by atoms with Crippen molar-refractivity contribution >= 4 is 29.1 Å². The van der Waals surface area contributed by atoms with Gasteiger partial charge in [0.05, 0.1) is 13.1 Å². The van der Waals surface area contributed by atoms with Crippen molar-refractivity contribution in [1.82, 2.24) is 10.2 Å². The Labute approximate surface area is 159 Å². The molecule has 0 aliphatic heterocycles. The summed E-state index contributed by atoms with van der Waals surface area (Å²) in [6.45, 7) is 2.67. The van der Waals surface area contributed by atoms with Gasteiger partial charge in [-0.25, -0.2) is 0 Å². The highest BCUT2D eigenvalue weighted by Crippen LogP contribution is 2.15. The number of rotatable bonds is 8. The van der Waals surface area contributed by atoms with Crippen LogP contribution < -0.4 is 10.6 Å². The standard InChI is InChI=1S/C20H24ClN3O2/c1-3-15-8-5-7-11-18(15)23-20(26)14-24(2)13-19(25)22-12-16-9-4-6-10-17(16)21/h4-11H,3,12-14H2,1-2H3,(H,22,25)(H,23,26). The first-order valence-electron chi connectivity index (χ1n) is 8.56. The molecule has 2 rings (SSSR count). The lowest BCUT2D eigenvalue weighted by Gasteiger charge is -2.17. The molecule has 0 fully saturated rings. The fourth-order valence-corrected chi connectivity index (χ4v) is 2.78. The number of anilines is 1. The molecule has 0 aliphatic rings. The molecule has 0 unspecified atom stereocenters. The molecule has 0 bridgehead atoms. The molecule has 138 valence electrons. The normalized spacial score (nSPS) is 10.6. The smallest absolute Gasteiger partial charge is 0.238 e. The Kier molecular flexibility index (Phi) is 7.63. The SMILES string of the molecule is CCc1ccccc1NC(=O)CN(C)CC(=O)NCc1ccccc1Cl. The molecule has 0 radical (unpaired) electrons. The topological polar surface area (TPSA) is 61.4 Å². The van der Waals surface area contributed by atoms with E-state index in [0.29, 0.717) is 11.6 Å². The number of nitrogens with one attached hydrogen (secondary N) is 2. The summed E-state index contributed by atoms with van der Waals surface area (Å²) in [6.07, 6.45) is 0.844. The highest BCUT2D eigenvalue weighted by atomic mass is 35.5. The number of nitrogens with zero attached hydrogens (tertiary/aromatic N) is 1. The number of likely N-dealkylation sites (N-methyl/N-ethyl adjacent to an activating group) is 1. The number of hydrogen-bond acceptors (Lipinski definition) is 3. The third kappa shape index (κ3) is 6.17. The Morgan fingerprint density at radius 3 is 2.27 bits per heavy atom. The highest BCUT2D eigenvalue weighted by Gasteiger charge is 2.12. The van der Waals surface area contributed by atoms with E-state index in [1.807, 2.05) is 49.4 Å². The molecule has 0 saturated heterocycles. The quantitative estimate of drug-likeness (QED) is 0.747. The lowest BCUT2D eigenvalue weighted by atomic mass is 10.1. The summed E-state index contributed by atoms with van der Waals surface area (Å²) in [6, 6.07) is 15.1. The Hall–Kier alpha value is -2.37. The molecular weight excluding hydrogens is 350 g/mol. The summed E-state index contributed by atoms with van der Waals surface area (Å²) in [5.74, 6) is -0.304. The van der Waals surface area contributed by atoms with Crippen LogP contribution in [-0.4, -0.2) is 36.9 Å². The Morgan fingerprint density at radius 1 is 0.962 bits per heavy atom. The van der Waals surface area contributed by atoms with Gasteiger partial charge in [-0.2, -0.15) is 0 Å². The third-order valence-corrected chi connectivity index (χ3v) is 4.30. The molecule has 5 nitrogen and oxygen atoms in total. The van der Waals surface area contributed by atoms with Gasteiger partial charge in [0, 0.05) is 17.3 Å². The minimum absolute atomic E-state index is 0.132. The van der Waals surface area contributed by atoms with Gasteiger partial charge in [-0.1, -0.05) is 54.9 Å². The van der Waals surface area contributed by atoms with E-state index in [-0.39, 0.29) is 24.9 Å². The van der Waals surface area contributed by atoms with Gasteiger partial charge in [0.2, 0.25) is 11.8 Å². The summed E-state index contributed by atoms with van der Waals surface area (Å²) in [5, 5.41) is 6.34. The molecule has 0 spiro atoms. The zero-order chi connectivity index (χ0) is 18.9. The monoisotopic (exact) mass is 373 g/mol. The van der Waals surface area contributed by atoms with Crippen molar-refractivity contribution in [3.05, 3.63) is 64.7 Å². The molecule has 0 saturated carbocycles. The number of amides is 2. The third-order valence-electron chi connectivity index (χ3n) is 3.93. The van der Waals surface area contributed by atoms with Gasteiger partial charge in [0.15, 0.2) is 0 Å². The van der Waals surface area contributed by atoms with Crippen molar-refractivity contribution in [2.75, 3.05) is 25.5 Å². The van der Waals surface area contributed by atoms with Crippen LogP contribution in [0.5, 0.6) is 0 Å². The zero-order valence-electron chi connectivity index (χ0n) is 15.1. The second-order valence-corrected chi connectivity index (χ2v) is 6.51. The summed E-state index contributed by atoms with van der Waals surface area (Å²) >= 11 is 6.07. The van der Waals surface area contributed by atoms with E-state index < -0.39 is 0 Å². The van der Waals surface area contributed by atoms with Gasteiger partial charge in [0.25, 0.3) is 0 Å². The van der Waals surface area contributed by atoms with Crippen molar-refractivity contribution in [1.29, 1.82) is 0 Å². The Balaban J connectivity index is 1.78. The van der Waals surface area contributed by atoms with Crippen LogP contribution in [0.4, 0.5) is 5.69 Å². The van der Waals surface area contributed by atoms with E-state index in [9.17, 15) is 9.59 Å². The molecule has 2 aromatic carbocycles. The Morgan fingerprint density at radius 2 is 1.58 bits per heavy atom. The van der Waals surface area contributed by atoms with E-state index >= 15 is 0 Å². The van der Waals surface area contributed by atoms with E-state index in [1.54, 1.807) is 18.0 Å². The zero-order valence-corrected chi connectivity index (χ0v) is 15.8. The molecule has 2 aromatic rings. The summed E-state index contributed by atoms with van der Waals surface area (Å²) in [7, 11) is 1.74. The molecule has 0 aromatic heterocycles. The second-order valence-electron chi connectivity index (χ2n) is 6.10. The number of aryl methyl sites for hydroxylation is 1. The van der Waals surface area contributed by atoms with E-state index in [1.165, 1.54) is 0 Å². The van der Waals surface area contributed by atoms with Gasteiger partial charge >= 0.3 is 0 Å². The summed E-state index contributed by atoms with van der Waals surface area (Å²) in [4.78, 5) is 25.9. The van der Waals surface area contributed by atoms with E-state index in [4.69, 9.17) is 11.6 Å². The number of halogens is 1. The van der Waals surface area contributed by atoms with E-state index in [0.717, 1.165) is 23.2 Å². The van der Waals surface area contributed by atoms with Crippen LogP contribution in [0.3, 0.4) is 0 Å². The summed E-state index contributed by atoms with van der Waals surface area (Å²) in [5.41, 5.74) is 2.76. The molecular formula is C20H24ClN3O2. The average molecular weight is 374 g/mol. The molecule has 26 heavy (non-hydrogen) atoms. The van der Waals surface area contributed by atoms with Crippen LogP contribution in [0.25, 0.3) is 0 Å². The maximum Gasteiger partial charge on any atom is 0.238 e. The lowest BCUT2D eigenvalue weighted by molar-refractivity contribution is -0.123. The van der Waals surface area contributed by atoms with Crippen molar-refractivity contribution in [2.45, 2.75) is 19.9 Å². The van der Waals surface area contributed by atoms with Crippen LogP contribution in [0.2, 0.25) is 5.02 Å². The molecule has 2 N–H and O–H groups in total. The van der Waals surface area contributed by atoms with Gasteiger partial charge in [-0.15, -0.1) is 0 Å². The minimum atomic E-state index is -0.158. The second kappa shape index (κ2) is 9.94. The molecule has 0 heterocycles. The summed E-state index contributed by atoms with van der Waals surface area (Å²) < 4.78 is 0. The maximum absolute atomic E-state index is 12.2. The molecule has 6 heteroatoms. The van der Waals surface area contributed by atoms with Gasteiger partial charge in [0.1, 0.15) is 0 Å². The van der Waals surface area contributed by atoms with Gasteiger partial charge < -0.3 is 10.6 Å². The predicted molar refractivity (Wildman–Crippen MR) is 105 cm³/mol.